The van der Waals surface area contributed by atoms with Crippen LogP contribution in [0.5, 0.6) is 0 Å². The molecule has 17 heavy (non-hydrogen) atoms. The monoisotopic (exact) mass is 255 g/mol. The summed E-state index contributed by atoms with van der Waals surface area (Å²) >= 11 is 0. The molecule has 92 valence electrons. The number of aryl methyl sites for hydroxylation is 1. The minimum Gasteiger partial charge on any atom is -0.238 e. The first-order chi connectivity index (χ1) is 7.99. The number of isocyanates is 1. The number of hydrogen-bond acceptors (Lipinski definition) is 5. The molecular formula is C11H13NO4S. The average molecular weight is 255 g/mol. The van der Waals surface area contributed by atoms with Gasteiger partial charge in [-0.3, -0.25) is 0 Å². The van der Waals surface area contributed by atoms with Gasteiger partial charge in [0.2, 0.25) is 6.08 Å². The maximum absolute atomic E-state index is 11.8. The van der Waals surface area contributed by atoms with Crippen molar-refractivity contribution in [3.63, 3.8) is 0 Å². The Balaban J connectivity index is 2.95. The minimum atomic E-state index is -3.88. The van der Waals surface area contributed by atoms with Crippen LogP contribution in [0.2, 0.25) is 0 Å². The molecule has 0 aliphatic heterocycles. The van der Waals surface area contributed by atoms with E-state index in [1.807, 2.05) is 6.92 Å². The van der Waals surface area contributed by atoms with Crippen molar-refractivity contribution in [2.45, 2.75) is 31.4 Å². The van der Waals surface area contributed by atoms with Crippen LogP contribution in [0.25, 0.3) is 0 Å². The third kappa shape index (κ3) is 3.78. The van der Waals surface area contributed by atoms with Crippen molar-refractivity contribution in [1.29, 1.82) is 0 Å². The lowest BCUT2D eigenvalue weighted by Crippen LogP contribution is -2.15. The molecule has 0 aliphatic carbocycles. The van der Waals surface area contributed by atoms with Gasteiger partial charge < -0.3 is 0 Å². The molecule has 0 N–H and O–H groups in total. The van der Waals surface area contributed by atoms with E-state index in [4.69, 9.17) is 4.18 Å². The zero-order valence-corrected chi connectivity index (χ0v) is 10.4. The van der Waals surface area contributed by atoms with Gasteiger partial charge in [0.05, 0.1) is 4.90 Å². The van der Waals surface area contributed by atoms with Crippen molar-refractivity contribution in [2.24, 2.45) is 4.99 Å². The highest BCUT2D eigenvalue weighted by Gasteiger charge is 2.20. The first-order valence-electron chi connectivity index (χ1n) is 5.06. The molecule has 0 radical (unpaired) electrons. The second kappa shape index (κ2) is 5.72. The fourth-order valence-corrected chi connectivity index (χ4v) is 2.20. The van der Waals surface area contributed by atoms with Gasteiger partial charge in [0.15, 0.2) is 6.23 Å². The van der Waals surface area contributed by atoms with E-state index >= 15 is 0 Å². The Hall–Kier alpha value is -1.49. The summed E-state index contributed by atoms with van der Waals surface area (Å²) in [5.74, 6) is 0. The van der Waals surface area contributed by atoms with Crippen LogP contribution in [-0.4, -0.2) is 20.7 Å². The van der Waals surface area contributed by atoms with Crippen molar-refractivity contribution in [3.05, 3.63) is 29.8 Å². The van der Waals surface area contributed by atoms with Gasteiger partial charge in [-0.25, -0.2) is 8.98 Å². The van der Waals surface area contributed by atoms with E-state index in [-0.39, 0.29) is 11.3 Å². The van der Waals surface area contributed by atoms with E-state index in [0.717, 1.165) is 5.56 Å². The Morgan fingerprint density at radius 3 is 2.41 bits per heavy atom. The van der Waals surface area contributed by atoms with Crippen LogP contribution >= 0.6 is 0 Å². The lowest BCUT2D eigenvalue weighted by molar-refractivity contribution is 0.214. The number of benzene rings is 1. The predicted molar refractivity (Wildman–Crippen MR) is 61.7 cm³/mol. The van der Waals surface area contributed by atoms with Gasteiger partial charge in [-0.2, -0.15) is 13.4 Å². The largest absolute Gasteiger partial charge is 0.299 e. The number of nitrogens with zero attached hydrogens (tertiary/aromatic N) is 1. The Kier molecular flexibility index (Phi) is 4.57. The maximum Gasteiger partial charge on any atom is 0.299 e. The topological polar surface area (TPSA) is 72.8 Å². The summed E-state index contributed by atoms with van der Waals surface area (Å²) in [7, 11) is -3.88. The molecule has 1 aromatic carbocycles. The number of rotatable bonds is 5. The molecule has 6 heteroatoms. The van der Waals surface area contributed by atoms with Crippen LogP contribution in [0.1, 0.15) is 18.9 Å². The lowest BCUT2D eigenvalue weighted by Gasteiger charge is -2.10. The fourth-order valence-electron chi connectivity index (χ4n) is 1.15. The normalized spacial score (nSPS) is 12.8. The third-order valence-corrected chi connectivity index (χ3v) is 3.42. The molecule has 1 unspecified atom stereocenters. The van der Waals surface area contributed by atoms with Crippen molar-refractivity contribution in [1.82, 2.24) is 0 Å². The summed E-state index contributed by atoms with van der Waals surface area (Å²) in [4.78, 5) is 13.4. The summed E-state index contributed by atoms with van der Waals surface area (Å²) < 4.78 is 28.3. The molecule has 0 saturated heterocycles. The van der Waals surface area contributed by atoms with Crippen molar-refractivity contribution < 1.29 is 17.4 Å². The zero-order chi connectivity index (χ0) is 12.9. The Labute approximate surface area is 100 Å². The molecule has 1 aromatic rings. The molecule has 0 saturated carbocycles. The molecule has 1 atom stereocenters. The second-order valence-corrected chi connectivity index (χ2v) is 5.02. The van der Waals surface area contributed by atoms with Gasteiger partial charge in [-0.15, -0.1) is 0 Å². The number of aliphatic imine (C=N–C) groups is 1. The van der Waals surface area contributed by atoms with Gasteiger partial charge in [0.1, 0.15) is 0 Å². The van der Waals surface area contributed by atoms with Crippen LogP contribution < -0.4 is 0 Å². The molecule has 1 rings (SSSR count). The number of hydrogen-bond donors (Lipinski definition) is 0. The van der Waals surface area contributed by atoms with E-state index in [2.05, 4.69) is 4.99 Å². The van der Waals surface area contributed by atoms with Gasteiger partial charge >= 0.3 is 0 Å². The van der Waals surface area contributed by atoms with Gasteiger partial charge in [-0.1, -0.05) is 24.6 Å². The van der Waals surface area contributed by atoms with Crippen molar-refractivity contribution >= 4 is 16.2 Å². The van der Waals surface area contributed by atoms with Gasteiger partial charge in [0.25, 0.3) is 10.1 Å². The number of carbonyl (C=O) groups excluding carboxylic acids is 1. The highest BCUT2D eigenvalue weighted by atomic mass is 32.2. The zero-order valence-electron chi connectivity index (χ0n) is 9.58. The summed E-state index contributed by atoms with van der Waals surface area (Å²) in [6.45, 7) is 3.51. The van der Waals surface area contributed by atoms with E-state index < -0.39 is 16.3 Å². The van der Waals surface area contributed by atoms with E-state index in [0.29, 0.717) is 0 Å². The maximum atomic E-state index is 11.8. The quantitative estimate of drug-likeness (QED) is 0.456. The van der Waals surface area contributed by atoms with Gasteiger partial charge in [0, 0.05) is 0 Å². The van der Waals surface area contributed by atoms with Gasteiger partial charge in [-0.05, 0) is 25.5 Å². The predicted octanol–water partition coefficient (Wildman–Crippen LogP) is 1.77. The molecule has 5 nitrogen and oxygen atoms in total. The van der Waals surface area contributed by atoms with Crippen LogP contribution in [0, 0.1) is 6.92 Å². The molecule has 0 aliphatic rings. The highest BCUT2D eigenvalue weighted by molar-refractivity contribution is 7.86. The molecular weight excluding hydrogens is 242 g/mol. The summed E-state index contributed by atoms with van der Waals surface area (Å²) in [6.07, 6.45) is 0.551. The first-order valence-corrected chi connectivity index (χ1v) is 6.47. The van der Waals surface area contributed by atoms with Crippen molar-refractivity contribution in [2.75, 3.05) is 0 Å². The lowest BCUT2D eigenvalue weighted by atomic mass is 10.2. The molecule has 0 bridgehead atoms. The Morgan fingerprint density at radius 2 is 1.94 bits per heavy atom. The van der Waals surface area contributed by atoms with E-state index in [9.17, 15) is 13.2 Å². The van der Waals surface area contributed by atoms with E-state index in [1.54, 1.807) is 19.1 Å². The highest BCUT2D eigenvalue weighted by Crippen LogP contribution is 2.16. The fraction of sp³-hybridized carbons (Fsp3) is 0.364. The summed E-state index contributed by atoms with van der Waals surface area (Å²) in [6, 6.07) is 6.23. The van der Waals surface area contributed by atoms with Crippen LogP contribution in [0.4, 0.5) is 0 Å². The molecule has 0 aromatic heterocycles. The summed E-state index contributed by atoms with van der Waals surface area (Å²) in [5, 5.41) is 0. The van der Waals surface area contributed by atoms with E-state index in [1.165, 1.54) is 18.2 Å². The molecule has 0 fully saturated rings. The minimum absolute atomic E-state index is 0.0441. The Morgan fingerprint density at radius 1 is 1.35 bits per heavy atom. The Bertz CT molecular complexity index is 515. The van der Waals surface area contributed by atoms with Crippen LogP contribution in [0.15, 0.2) is 34.2 Å². The molecule has 0 amide bonds. The smallest absolute Gasteiger partial charge is 0.238 e. The standard InChI is InChI=1S/C11H13NO4S/c1-3-11(12-8-13)16-17(14,15)10-6-4-9(2)5-7-10/h4-7,11H,3H2,1-2H3. The van der Waals surface area contributed by atoms with Crippen LogP contribution in [0.3, 0.4) is 0 Å². The second-order valence-electron chi connectivity index (χ2n) is 3.45. The van der Waals surface area contributed by atoms with Crippen molar-refractivity contribution in [3.8, 4) is 0 Å². The summed E-state index contributed by atoms with van der Waals surface area (Å²) in [5.41, 5.74) is 0.946. The first kappa shape index (κ1) is 13.6. The molecule has 0 spiro atoms. The van der Waals surface area contributed by atoms with Crippen LogP contribution in [-0.2, 0) is 19.1 Å². The SMILES string of the molecule is CCC(N=C=O)OS(=O)(=O)c1ccc(C)cc1. The third-order valence-electron chi connectivity index (χ3n) is 2.09. The average Bonchev–Trinajstić information content (AvgIpc) is 2.28. The molecule has 0 heterocycles.